The maximum Gasteiger partial charge on any atom is 0.238 e. The van der Waals surface area contributed by atoms with Gasteiger partial charge in [-0.05, 0) is 37.5 Å². The van der Waals surface area contributed by atoms with E-state index in [0.717, 1.165) is 29.9 Å². The molecule has 1 aromatic heterocycles. The van der Waals surface area contributed by atoms with Crippen LogP contribution < -0.4 is 0 Å². The first kappa shape index (κ1) is 19.1. The summed E-state index contributed by atoms with van der Waals surface area (Å²) in [6, 6.07) is 2.04. The van der Waals surface area contributed by atoms with Gasteiger partial charge in [0.15, 0.2) is 0 Å². The highest BCUT2D eigenvalue weighted by molar-refractivity contribution is 6.30. The minimum Gasteiger partial charge on any atom is -0.334 e. The van der Waals surface area contributed by atoms with Gasteiger partial charge in [0.25, 0.3) is 0 Å². The van der Waals surface area contributed by atoms with Crippen molar-refractivity contribution in [1.29, 1.82) is 0 Å². The molecule has 1 aromatic carbocycles. The van der Waals surface area contributed by atoms with Crippen molar-refractivity contribution in [3.63, 3.8) is 0 Å². The molecule has 1 amide bonds. The van der Waals surface area contributed by atoms with Crippen LogP contribution in [-0.2, 0) is 31.2 Å². The van der Waals surface area contributed by atoms with Crippen molar-refractivity contribution in [2.24, 2.45) is 7.05 Å². The summed E-state index contributed by atoms with van der Waals surface area (Å²) in [5.74, 6) is -2.20. The fourth-order valence-electron chi connectivity index (χ4n) is 3.49. The van der Waals surface area contributed by atoms with Gasteiger partial charge in [-0.25, -0.2) is 8.78 Å². The third kappa shape index (κ3) is 3.45. The zero-order chi connectivity index (χ0) is 19.0. The van der Waals surface area contributed by atoms with E-state index >= 15 is 0 Å². The van der Waals surface area contributed by atoms with E-state index in [2.05, 4.69) is 5.10 Å². The van der Waals surface area contributed by atoms with Crippen LogP contribution in [0.1, 0.15) is 28.9 Å². The van der Waals surface area contributed by atoms with E-state index in [4.69, 9.17) is 23.2 Å². The molecule has 0 aliphatic heterocycles. The number of nitrogens with zero attached hydrogens (tertiary/aromatic N) is 3. The van der Waals surface area contributed by atoms with Crippen molar-refractivity contribution < 1.29 is 13.6 Å². The molecule has 0 N–H and O–H groups in total. The Morgan fingerprint density at radius 2 is 2.15 bits per heavy atom. The first-order valence-electron chi connectivity index (χ1n) is 8.32. The summed E-state index contributed by atoms with van der Waals surface area (Å²) in [6.45, 7) is 1.79. The molecule has 1 aliphatic carbocycles. The number of hydrogen-bond acceptors (Lipinski definition) is 2. The Morgan fingerprint density at radius 3 is 2.85 bits per heavy atom. The summed E-state index contributed by atoms with van der Waals surface area (Å²) >= 11 is 11.5. The average Bonchev–Trinajstić information content (AvgIpc) is 2.91. The van der Waals surface area contributed by atoms with E-state index in [1.807, 2.05) is 18.7 Å². The van der Waals surface area contributed by atoms with Crippen molar-refractivity contribution in [3.05, 3.63) is 51.3 Å². The highest BCUT2D eigenvalue weighted by Gasteiger charge is 2.31. The number of benzene rings is 1. The molecule has 2 aromatic rings. The molecule has 0 saturated heterocycles. The Morgan fingerprint density at radius 1 is 1.42 bits per heavy atom. The van der Waals surface area contributed by atoms with E-state index in [1.54, 1.807) is 0 Å². The maximum absolute atomic E-state index is 14.3. The molecule has 1 heterocycles. The van der Waals surface area contributed by atoms with Gasteiger partial charge in [-0.15, -0.1) is 11.6 Å². The van der Waals surface area contributed by atoms with E-state index in [-0.39, 0.29) is 35.0 Å². The predicted octanol–water partition coefficient (Wildman–Crippen LogP) is 3.79. The molecule has 140 valence electrons. The van der Waals surface area contributed by atoms with Gasteiger partial charge in [0, 0.05) is 30.8 Å². The van der Waals surface area contributed by atoms with Gasteiger partial charge >= 0.3 is 0 Å². The van der Waals surface area contributed by atoms with Crippen LogP contribution in [-0.4, -0.2) is 32.5 Å². The van der Waals surface area contributed by atoms with Crippen molar-refractivity contribution in [1.82, 2.24) is 14.7 Å². The molecule has 1 unspecified atom stereocenters. The smallest absolute Gasteiger partial charge is 0.238 e. The van der Waals surface area contributed by atoms with Crippen LogP contribution in [0.25, 0.3) is 0 Å². The number of aromatic nitrogens is 2. The molecule has 0 fully saturated rings. The average molecular weight is 402 g/mol. The van der Waals surface area contributed by atoms with Gasteiger partial charge in [0.05, 0.1) is 17.3 Å². The number of carbonyl (C=O) groups is 1. The summed E-state index contributed by atoms with van der Waals surface area (Å²) in [4.78, 5) is 13.8. The Bertz CT molecular complexity index is 853. The number of aryl methyl sites for hydroxylation is 1. The fourth-order valence-corrected chi connectivity index (χ4v) is 3.82. The molecule has 26 heavy (non-hydrogen) atoms. The van der Waals surface area contributed by atoms with Crippen molar-refractivity contribution in [2.75, 3.05) is 5.88 Å². The molecular weight excluding hydrogens is 383 g/mol. The number of alkyl halides is 1. The number of carbonyl (C=O) groups excluding carboxylic acids is 1. The first-order valence-corrected chi connectivity index (χ1v) is 9.23. The molecule has 0 radical (unpaired) electrons. The molecule has 8 heteroatoms. The Labute approximate surface area is 160 Å². The van der Waals surface area contributed by atoms with E-state index in [9.17, 15) is 13.6 Å². The quantitative estimate of drug-likeness (QED) is 0.577. The normalized spacial score (nSPS) is 16.5. The zero-order valence-electron chi connectivity index (χ0n) is 14.5. The lowest BCUT2D eigenvalue weighted by atomic mass is 9.90. The molecule has 3 rings (SSSR count). The number of amides is 1. The summed E-state index contributed by atoms with van der Waals surface area (Å²) in [5.41, 5.74) is 2.97. The molecule has 0 spiro atoms. The van der Waals surface area contributed by atoms with Crippen molar-refractivity contribution in [3.8, 4) is 0 Å². The summed E-state index contributed by atoms with van der Waals surface area (Å²) in [7, 11) is 1.88. The molecule has 1 atom stereocenters. The number of rotatable bonds is 4. The zero-order valence-corrected chi connectivity index (χ0v) is 16.0. The summed E-state index contributed by atoms with van der Waals surface area (Å²) < 4.78 is 30.2. The topological polar surface area (TPSA) is 38.1 Å². The van der Waals surface area contributed by atoms with Gasteiger partial charge in [-0.2, -0.15) is 5.10 Å². The molecule has 0 bridgehead atoms. The Kier molecular flexibility index (Phi) is 5.53. The first-order chi connectivity index (χ1) is 12.3. The highest BCUT2D eigenvalue weighted by atomic mass is 35.5. The molecular formula is C18H19Cl2F2N3O. The Balaban J connectivity index is 1.91. The van der Waals surface area contributed by atoms with Gasteiger partial charge in [0.1, 0.15) is 17.5 Å². The van der Waals surface area contributed by atoms with E-state index < -0.39 is 11.6 Å². The molecule has 0 saturated carbocycles. The van der Waals surface area contributed by atoms with Crippen LogP contribution in [0.15, 0.2) is 12.1 Å². The third-order valence-corrected chi connectivity index (χ3v) is 5.56. The lowest BCUT2D eigenvalue weighted by Crippen LogP contribution is -2.44. The van der Waals surface area contributed by atoms with Crippen LogP contribution >= 0.6 is 23.2 Å². The second kappa shape index (κ2) is 7.53. The largest absolute Gasteiger partial charge is 0.334 e. The fraction of sp³-hybridized carbons (Fsp3) is 0.444. The summed E-state index contributed by atoms with van der Waals surface area (Å²) in [5, 5.41) is 4.33. The van der Waals surface area contributed by atoms with Gasteiger partial charge in [-0.1, -0.05) is 11.6 Å². The van der Waals surface area contributed by atoms with Gasteiger partial charge in [0.2, 0.25) is 5.91 Å². The van der Waals surface area contributed by atoms with E-state index in [1.165, 1.54) is 10.5 Å². The van der Waals surface area contributed by atoms with Crippen LogP contribution in [0, 0.1) is 18.6 Å². The van der Waals surface area contributed by atoms with Crippen LogP contribution in [0.3, 0.4) is 0 Å². The lowest BCUT2D eigenvalue weighted by molar-refractivity contribution is -0.131. The standard InChI is InChI=1S/C18H19Cl2F2N3O/c1-10-12-4-3-11(7-16(12)23-24(10)2)25(17(26)8-19)9-13-15(21)6-5-14(20)18(13)22/h5-6,11H,3-4,7-9H2,1-2H3. The van der Waals surface area contributed by atoms with Crippen molar-refractivity contribution >= 4 is 29.1 Å². The predicted molar refractivity (Wildman–Crippen MR) is 96.4 cm³/mol. The highest BCUT2D eigenvalue weighted by Crippen LogP contribution is 2.29. The number of halogens is 4. The number of hydrogen-bond donors (Lipinski definition) is 0. The second-order valence-corrected chi connectivity index (χ2v) is 7.18. The van der Waals surface area contributed by atoms with Crippen molar-refractivity contribution in [2.45, 2.75) is 38.8 Å². The minimum absolute atomic E-state index is 0.175. The number of fused-ring (bicyclic) bond motifs is 1. The molecule has 1 aliphatic rings. The third-order valence-electron chi connectivity index (χ3n) is 5.04. The van der Waals surface area contributed by atoms with Crippen LogP contribution in [0.2, 0.25) is 5.02 Å². The van der Waals surface area contributed by atoms with E-state index in [0.29, 0.717) is 12.8 Å². The van der Waals surface area contributed by atoms with Gasteiger partial charge < -0.3 is 4.90 Å². The summed E-state index contributed by atoms with van der Waals surface area (Å²) in [6.07, 6.45) is 1.97. The minimum atomic E-state index is -0.843. The second-order valence-electron chi connectivity index (χ2n) is 6.51. The van der Waals surface area contributed by atoms with Crippen LogP contribution in [0.5, 0.6) is 0 Å². The maximum atomic E-state index is 14.3. The molecule has 4 nitrogen and oxygen atoms in total. The SMILES string of the molecule is Cc1c2c(nn1C)CC(N(Cc1c(F)ccc(Cl)c1F)C(=O)CCl)CC2. The van der Waals surface area contributed by atoms with Gasteiger partial charge in [-0.3, -0.25) is 9.48 Å². The Hall–Kier alpha value is -1.66. The lowest BCUT2D eigenvalue weighted by Gasteiger charge is -2.34. The monoisotopic (exact) mass is 401 g/mol. The van der Waals surface area contributed by atoms with Crippen LogP contribution in [0.4, 0.5) is 8.78 Å².